The van der Waals surface area contributed by atoms with Crippen LogP contribution in [0.3, 0.4) is 0 Å². The van der Waals surface area contributed by atoms with Crippen molar-refractivity contribution in [2.24, 2.45) is 0 Å². The van der Waals surface area contributed by atoms with Crippen molar-refractivity contribution in [3.8, 4) is 5.75 Å². The molecule has 3 atom stereocenters. The fourth-order valence-electron chi connectivity index (χ4n) is 2.50. The molecule has 1 N–H and O–H groups in total. The minimum absolute atomic E-state index is 0.00245. The summed E-state index contributed by atoms with van der Waals surface area (Å²) in [6.07, 6.45) is 0.567. The van der Waals surface area contributed by atoms with E-state index in [1.807, 2.05) is 13.8 Å². The van der Waals surface area contributed by atoms with Gasteiger partial charge >= 0.3 is 5.69 Å². The van der Waals surface area contributed by atoms with E-state index in [2.05, 4.69) is 5.32 Å². The number of likely N-dealkylation sites (N-methyl/N-ethyl adjacent to an activating group) is 1. The Kier molecular flexibility index (Phi) is 4.57. The van der Waals surface area contributed by atoms with Gasteiger partial charge in [-0.1, -0.05) is 13.0 Å². The van der Waals surface area contributed by atoms with Crippen LogP contribution in [0.2, 0.25) is 0 Å². The second-order valence-electron chi connectivity index (χ2n) is 4.98. The first kappa shape index (κ1) is 14.7. The Bertz CT molecular complexity index is 492. The first-order valence-electron chi connectivity index (χ1n) is 6.74. The summed E-state index contributed by atoms with van der Waals surface area (Å²) in [5.41, 5.74) is 0.930. The molecule has 0 aliphatic heterocycles. The Morgan fingerprint density at radius 2 is 2.25 bits per heavy atom. The largest absolute Gasteiger partial charge is 0.481 e. The lowest BCUT2D eigenvalue weighted by Crippen LogP contribution is -2.60. The zero-order chi connectivity index (χ0) is 14.7. The summed E-state index contributed by atoms with van der Waals surface area (Å²) >= 11 is 0. The van der Waals surface area contributed by atoms with Crippen molar-refractivity contribution in [3.05, 3.63) is 33.9 Å². The molecule has 6 heteroatoms. The van der Waals surface area contributed by atoms with Crippen molar-refractivity contribution in [2.75, 3.05) is 13.7 Å². The predicted octanol–water partition coefficient (Wildman–Crippen LogP) is 2.05. The molecule has 0 spiro atoms. The van der Waals surface area contributed by atoms with Gasteiger partial charge in [-0.2, -0.15) is 0 Å². The zero-order valence-electron chi connectivity index (χ0n) is 12.0. The van der Waals surface area contributed by atoms with Gasteiger partial charge in [0.1, 0.15) is 12.2 Å². The number of nitrogens with zero attached hydrogens (tertiary/aromatic N) is 1. The van der Waals surface area contributed by atoms with E-state index >= 15 is 0 Å². The highest BCUT2D eigenvalue weighted by atomic mass is 16.6. The fourth-order valence-corrected chi connectivity index (χ4v) is 2.50. The van der Waals surface area contributed by atoms with Crippen LogP contribution < -0.4 is 10.1 Å². The number of nitrogens with one attached hydrogen (secondary N) is 1. The Morgan fingerprint density at radius 3 is 2.85 bits per heavy atom. The number of hydrogen-bond donors (Lipinski definition) is 1. The van der Waals surface area contributed by atoms with Crippen molar-refractivity contribution >= 4 is 5.69 Å². The molecule has 1 aliphatic rings. The van der Waals surface area contributed by atoms with Crippen LogP contribution in [0.5, 0.6) is 5.75 Å². The fraction of sp³-hybridized carbons (Fsp3) is 0.571. The molecule has 3 unspecified atom stereocenters. The molecule has 1 aromatic rings. The number of hydrogen-bond acceptors (Lipinski definition) is 5. The Balaban J connectivity index is 2.11. The molecule has 6 nitrogen and oxygen atoms in total. The van der Waals surface area contributed by atoms with Crippen molar-refractivity contribution < 1.29 is 14.4 Å². The average Bonchev–Trinajstić information content (AvgIpc) is 2.37. The van der Waals surface area contributed by atoms with Crippen LogP contribution in [0.15, 0.2) is 18.2 Å². The van der Waals surface area contributed by atoms with Gasteiger partial charge in [-0.25, -0.2) is 0 Å². The maximum atomic E-state index is 11.0. The molecule has 110 valence electrons. The van der Waals surface area contributed by atoms with Gasteiger partial charge in [0.2, 0.25) is 0 Å². The highest BCUT2D eigenvalue weighted by molar-refractivity contribution is 5.48. The minimum Gasteiger partial charge on any atom is -0.481 e. The summed E-state index contributed by atoms with van der Waals surface area (Å²) in [5, 5.41) is 14.3. The Labute approximate surface area is 118 Å². The second kappa shape index (κ2) is 6.19. The first-order chi connectivity index (χ1) is 9.56. The lowest BCUT2D eigenvalue weighted by molar-refractivity contribution is -0.386. The summed E-state index contributed by atoms with van der Waals surface area (Å²) in [4.78, 5) is 10.6. The number of nitro groups is 1. The van der Waals surface area contributed by atoms with Gasteiger partial charge in [0.05, 0.1) is 4.92 Å². The summed E-state index contributed by atoms with van der Waals surface area (Å²) in [7, 11) is 1.63. The lowest BCUT2D eigenvalue weighted by atomic mass is 9.85. The molecule has 2 rings (SSSR count). The Morgan fingerprint density at radius 1 is 1.50 bits per heavy atom. The highest BCUT2D eigenvalue weighted by Crippen LogP contribution is 2.34. The second-order valence-corrected chi connectivity index (χ2v) is 4.98. The smallest absolute Gasteiger partial charge is 0.310 e. The third-order valence-corrected chi connectivity index (χ3v) is 3.58. The summed E-state index contributed by atoms with van der Waals surface area (Å²) in [6, 6.07) is 5.14. The first-order valence-corrected chi connectivity index (χ1v) is 6.74. The summed E-state index contributed by atoms with van der Waals surface area (Å²) in [6.45, 7) is 4.78. The molecule has 0 saturated heterocycles. The van der Waals surface area contributed by atoms with Crippen LogP contribution in [0.1, 0.15) is 18.9 Å². The van der Waals surface area contributed by atoms with E-state index < -0.39 is 4.92 Å². The molecule has 20 heavy (non-hydrogen) atoms. The molecular formula is C14H20N2O4. The van der Waals surface area contributed by atoms with Crippen LogP contribution in [0, 0.1) is 17.0 Å². The number of nitro benzene ring substituents is 1. The quantitative estimate of drug-likeness (QED) is 0.637. The number of rotatable bonds is 6. The van der Waals surface area contributed by atoms with E-state index in [1.165, 1.54) is 6.07 Å². The van der Waals surface area contributed by atoms with Crippen LogP contribution >= 0.6 is 0 Å². The molecule has 0 radical (unpaired) electrons. The topological polar surface area (TPSA) is 73.6 Å². The molecule has 1 saturated carbocycles. The van der Waals surface area contributed by atoms with Gasteiger partial charge in [0.25, 0.3) is 0 Å². The molecule has 0 bridgehead atoms. The standard InChI is InChI=1S/C14H20N2O4/c1-4-15-10-8-13(14(10)19-3)20-12-7-9(2)5-6-11(12)16(17)18/h5-7,10,13-15H,4,8H2,1-3H3. The third kappa shape index (κ3) is 2.91. The zero-order valence-corrected chi connectivity index (χ0v) is 12.0. The minimum atomic E-state index is -0.420. The van der Waals surface area contributed by atoms with Gasteiger partial charge in [-0.3, -0.25) is 10.1 Å². The molecule has 1 fully saturated rings. The molecule has 0 aromatic heterocycles. The molecule has 0 heterocycles. The van der Waals surface area contributed by atoms with Crippen molar-refractivity contribution in [1.82, 2.24) is 5.32 Å². The van der Waals surface area contributed by atoms with E-state index in [9.17, 15) is 10.1 Å². The van der Waals surface area contributed by atoms with Gasteiger partial charge < -0.3 is 14.8 Å². The maximum absolute atomic E-state index is 11.0. The van der Waals surface area contributed by atoms with Crippen molar-refractivity contribution in [2.45, 2.75) is 38.5 Å². The van der Waals surface area contributed by atoms with E-state index in [1.54, 1.807) is 19.2 Å². The number of benzene rings is 1. The molecular weight excluding hydrogens is 260 g/mol. The SMILES string of the molecule is CCNC1CC(Oc2cc(C)ccc2[N+](=O)[O-])C1OC. The normalized spacial score (nSPS) is 25.1. The highest BCUT2D eigenvalue weighted by Gasteiger charge is 2.43. The van der Waals surface area contributed by atoms with Gasteiger partial charge in [-0.15, -0.1) is 0 Å². The van der Waals surface area contributed by atoms with Crippen LogP contribution in [-0.2, 0) is 4.74 Å². The molecule has 0 amide bonds. The van der Waals surface area contributed by atoms with Gasteiger partial charge in [0.15, 0.2) is 5.75 Å². The third-order valence-electron chi connectivity index (χ3n) is 3.58. The number of aryl methyl sites for hydroxylation is 1. The summed E-state index contributed by atoms with van der Waals surface area (Å²) in [5.74, 6) is 0.317. The van der Waals surface area contributed by atoms with Crippen molar-refractivity contribution in [1.29, 1.82) is 0 Å². The summed E-state index contributed by atoms with van der Waals surface area (Å²) < 4.78 is 11.2. The lowest BCUT2D eigenvalue weighted by Gasteiger charge is -2.43. The van der Waals surface area contributed by atoms with E-state index in [4.69, 9.17) is 9.47 Å². The van der Waals surface area contributed by atoms with Crippen LogP contribution in [0.25, 0.3) is 0 Å². The van der Waals surface area contributed by atoms with Crippen molar-refractivity contribution in [3.63, 3.8) is 0 Å². The van der Waals surface area contributed by atoms with E-state index in [-0.39, 0.29) is 23.9 Å². The Hall–Kier alpha value is -1.66. The van der Waals surface area contributed by atoms with Crippen LogP contribution in [-0.4, -0.2) is 36.8 Å². The molecule has 1 aromatic carbocycles. The van der Waals surface area contributed by atoms with E-state index in [0.717, 1.165) is 18.5 Å². The average molecular weight is 280 g/mol. The maximum Gasteiger partial charge on any atom is 0.310 e. The number of ether oxygens (including phenoxy) is 2. The van der Waals surface area contributed by atoms with Crippen LogP contribution in [0.4, 0.5) is 5.69 Å². The van der Waals surface area contributed by atoms with Gasteiger partial charge in [-0.05, 0) is 25.1 Å². The number of methoxy groups -OCH3 is 1. The molecule has 1 aliphatic carbocycles. The van der Waals surface area contributed by atoms with Gasteiger partial charge in [0, 0.05) is 25.6 Å². The van der Waals surface area contributed by atoms with E-state index in [0.29, 0.717) is 5.75 Å². The predicted molar refractivity (Wildman–Crippen MR) is 75.1 cm³/mol. The monoisotopic (exact) mass is 280 g/mol.